The van der Waals surface area contributed by atoms with Crippen molar-refractivity contribution in [1.82, 2.24) is 10.6 Å². The zero-order valence-electron chi connectivity index (χ0n) is 21.4. The molecule has 0 saturated carbocycles. The van der Waals surface area contributed by atoms with Crippen molar-refractivity contribution in [3.63, 3.8) is 0 Å². The van der Waals surface area contributed by atoms with Crippen LogP contribution in [-0.2, 0) is 36.8 Å². The van der Waals surface area contributed by atoms with Crippen LogP contribution >= 0.6 is 0 Å². The SMILES string of the molecule is C=C/C=C(\C=C/C)CC(=O)NC(Cc1ccccc1F)C(=O)Nc1ccc(CC(NC=O)C(=O)OC)cc1. The molecule has 2 atom stereocenters. The normalized spacial score (nSPS) is 12.8. The molecule has 38 heavy (non-hydrogen) atoms. The highest BCUT2D eigenvalue weighted by atomic mass is 19.1. The van der Waals surface area contributed by atoms with E-state index >= 15 is 0 Å². The number of anilines is 1. The van der Waals surface area contributed by atoms with E-state index in [2.05, 4.69) is 27.3 Å². The van der Waals surface area contributed by atoms with Gasteiger partial charge in [0.2, 0.25) is 18.2 Å². The molecule has 3 N–H and O–H groups in total. The second-order valence-corrected chi connectivity index (χ2v) is 8.32. The molecule has 3 amide bonds. The van der Waals surface area contributed by atoms with Crippen LogP contribution in [0.2, 0.25) is 0 Å². The number of allylic oxidation sites excluding steroid dienone is 4. The lowest BCUT2D eigenvalue weighted by molar-refractivity contribution is -0.144. The van der Waals surface area contributed by atoms with Gasteiger partial charge in [-0.1, -0.05) is 61.2 Å². The monoisotopic (exact) mass is 521 g/mol. The van der Waals surface area contributed by atoms with Gasteiger partial charge >= 0.3 is 5.97 Å². The lowest BCUT2D eigenvalue weighted by atomic mass is 10.0. The second kappa shape index (κ2) is 15.6. The number of amides is 3. The third-order valence-corrected chi connectivity index (χ3v) is 5.53. The summed E-state index contributed by atoms with van der Waals surface area (Å²) in [6.07, 6.45) is 7.41. The molecule has 0 aromatic heterocycles. The standard InChI is InChI=1S/C29H32FN3O5/c1-4-8-20(9-5-2)17-27(35)33-25(18-22-10-6-7-11-24(22)30)28(36)32-23-14-12-21(13-15-23)16-26(31-19-34)29(37)38-3/h4-15,19,25-26H,1,16-18H2,2-3H3,(H,31,34)(H,32,36)(H,33,35)/b9-5-,20-8+. The molecule has 200 valence electrons. The number of carbonyl (C=O) groups is 4. The Balaban J connectivity index is 2.18. The van der Waals surface area contributed by atoms with E-state index in [1.807, 2.05) is 6.92 Å². The van der Waals surface area contributed by atoms with Crippen molar-refractivity contribution in [2.75, 3.05) is 12.4 Å². The van der Waals surface area contributed by atoms with E-state index < -0.39 is 35.7 Å². The molecule has 9 heteroatoms. The average molecular weight is 522 g/mol. The number of halogens is 1. The Morgan fingerprint density at radius 1 is 1.05 bits per heavy atom. The van der Waals surface area contributed by atoms with Crippen molar-refractivity contribution in [3.8, 4) is 0 Å². The molecule has 0 aliphatic rings. The first-order valence-corrected chi connectivity index (χ1v) is 12.0. The smallest absolute Gasteiger partial charge is 0.328 e. The number of hydrogen-bond donors (Lipinski definition) is 3. The first-order valence-electron chi connectivity index (χ1n) is 12.0. The zero-order chi connectivity index (χ0) is 27.9. The van der Waals surface area contributed by atoms with Crippen molar-refractivity contribution in [2.24, 2.45) is 0 Å². The van der Waals surface area contributed by atoms with Crippen LogP contribution in [0.4, 0.5) is 10.1 Å². The predicted octanol–water partition coefficient (Wildman–Crippen LogP) is 3.40. The number of ether oxygens (including phenoxy) is 1. The largest absolute Gasteiger partial charge is 0.467 e. The van der Waals surface area contributed by atoms with Crippen LogP contribution in [0.1, 0.15) is 24.5 Å². The van der Waals surface area contributed by atoms with Gasteiger partial charge in [0.25, 0.3) is 0 Å². The van der Waals surface area contributed by atoms with Crippen LogP contribution < -0.4 is 16.0 Å². The summed E-state index contributed by atoms with van der Waals surface area (Å²) in [7, 11) is 1.23. The first kappa shape index (κ1) is 29.7. The van der Waals surface area contributed by atoms with Gasteiger partial charge in [-0.05, 0) is 41.8 Å². The fourth-order valence-corrected chi connectivity index (χ4v) is 3.69. The fourth-order valence-electron chi connectivity index (χ4n) is 3.69. The third kappa shape index (κ3) is 9.50. The van der Waals surface area contributed by atoms with E-state index in [4.69, 9.17) is 0 Å². The van der Waals surface area contributed by atoms with E-state index in [0.29, 0.717) is 17.7 Å². The first-order chi connectivity index (χ1) is 18.3. The Hall–Kier alpha value is -4.53. The van der Waals surface area contributed by atoms with Crippen LogP contribution in [0.3, 0.4) is 0 Å². The van der Waals surface area contributed by atoms with Gasteiger partial charge < -0.3 is 20.7 Å². The molecule has 2 rings (SSSR count). The van der Waals surface area contributed by atoms with Gasteiger partial charge in [0.1, 0.15) is 17.9 Å². The van der Waals surface area contributed by atoms with Crippen LogP contribution in [0.15, 0.2) is 85.0 Å². The molecule has 0 radical (unpaired) electrons. The Kier molecular flexibility index (Phi) is 12.2. The third-order valence-electron chi connectivity index (χ3n) is 5.53. The molecule has 0 bridgehead atoms. The summed E-state index contributed by atoms with van der Waals surface area (Å²) in [6.45, 7) is 5.47. The minimum absolute atomic E-state index is 0.0162. The van der Waals surface area contributed by atoms with E-state index in [0.717, 1.165) is 5.56 Å². The summed E-state index contributed by atoms with van der Waals surface area (Å²) < 4.78 is 19.0. The maximum Gasteiger partial charge on any atom is 0.328 e. The fraction of sp³-hybridized carbons (Fsp3) is 0.241. The Bertz CT molecular complexity index is 1190. The van der Waals surface area contributed by atoms with Crippen molar-refractivity contribution < 1.29 is 28.3 Å². The molecule has 2 aromatic carbocycles. The summed E-state index contributed by atoms with van der Waals surface area (Å²) >= 11 is 0. The van der Waals surface area contributed by atoms with E-state index in [1.54, 1.807) is 66.8 Å². The maximum atomic E-state index is 14.3. The molecule has 2 unspecified atom stereocenters. The van der Waals surface area contributed by atoms with Crippen molar-refractivity contribution in [2.45, 2.75) is 38.3 Å². The second-order valence-electron chi connectivity index (χ2n) is 8.32. The number of benzene rings is 2. The van der Waals surface area contributed by atoms with Crippen molar-refractivity contribution in [3.05, 3.63) is 102 Å². The molecule has 0 aliphatic carbocycles. The maximum absolute atomic E-state index is 14.3. The number of hydrogen-bond acceptors (Lipinski definition) is 5. The lowest BCUT2D eigenvalue weighted by Crippen LogP contribution is -2.45. The van der Waals surface area contributed by atoms with Gasteiger partial charge in [0.05, 0.1) is 13.5 Å². The van der Waals surface area contributed by atoms with E-state index in [-0.39, 0.29) is 24.8 Å². The molecule has 0 heterocycles. The quantitative estimate of drug-likeness (QED) is 0.200. The van der Waals surface area contributed by atoms with Crippen molar-refractivity contribution in [1.29, 1.82) is 0 Å². The number of carbonyl (C=O) groups excluding carboxylic acids is 4. The number of methoxy groups -OCH3 is 1. The van der Waals surface area contributed by atoms with E-state index in [1.165, 1.54) is 13.2 Å². The summed E-state index contributed by atoms with van der Waals surface area (Å²) in [5.41, 5.74) is 2.14. The van der Waals surface area contributed by atoms with Gasteiger partial charge in [-0.2, -0.15) is 0 Å². The summed E-state index contributed by atoms with van der Waals surface area (Å²) in [6, 6.07) is 10.8. The molecular weight excluding hydrogens is 489 g/mol. The Morgan fingerprint density at radius 2 is 1.76 bits per heavy atom. The van der Waals surface area contributed by atoms with Crippen LogP contribution in [0, 0.1) is 5.82 Å². The highest BCUT2D eigenvalue weighted by Crippen LogP contribution is 2.15. The Labute approximate surface area is 221 Å². The van der Waals surface area contributed by atoms with Gasteiger partial charge in [-0.15, -0.1) is 0 Å². The molecule has 0 spiro atoms. The molecule has 0 aliphatic heterocycles. The van der Waals surface area contributed by atoms with Crippen LogP contribution in [0.25, 0.3) is 0 Å². The average Bonchev–Trinajstić information content (AvgIpc) is 2.90. The molecule has 0 fully saturated rings. The minimum atomic E-state index is -1.05. The van der Waals surface area contributed by atoms with Gasteiger partial charge in [0.15, 0.2) is 0 Å². The molecule has 0 saturated heterocycles. The minimum Gasteiger partial charge on any atom is -0.467 e. The van der Waals surface area contributed by atoms with Crippen LogP contribution in [-0.4, -0.2) is 43.4 Å². The highest BCUT2D eigenvalue weighted by molar-refractivity contribution is 5.97. The van der Waals surface area contributed by atoms with Gasteiger partial charge in [-0.3, -0.25) is 14.4 Å². The van der Waals surface area contributed by atoms with Gasteiger partial charge in [0, 0.05) is 18.5 Å². The van der Waals surface area contributed by atoms with Crippen LogP contribution in [0.5, 0.6) is 0 Å². The zero-order valence-corrected chi connectivity index (χ0v) is 21.4. The number of nitrogens with one attached hydrogen (secondary N) is 3. The molecule has 2 aromatic rings. The predicted molar refractivity (Wildman–Crippen MR) is 144 cm³/mol. The Morgan fingerprint density at radius 3 is 2.37 bits per heavy atom. The summed E-state index contributed by atoms with van der Waals surface area (Å²) in [5.74, 6) is -1.99. The number of esters is 1. The molecular formula is C29H32FN3O5. The highest BCUT2D eigenvalue weighted by Gasteiger charge is 2.23. The lowest BCUT2D eigenvalue weighted by Gasteiger charge is -2.19. The van der Waals surface area contributed by atoms with E-state index in [9.17, 15) is 23.6 Å². The van der Waals surface area contributed by atoms with Crippen molar-refractivity contribution >= 4 is 29.9 Å². The summed E-state index contributed by atoms with van der Waals surface area (Å²) in [4.78, 5) is 48.5. The summed E-state index contributed by atoms with van der Waals surface area (Å²) in [5, 5.41) is 7.87. The number of rotatable bonds is 14. The molecule has 8 nitrogen and oxygen atoms in total. The van der Waals surface area contributed by atoms with Gasteiger partial charge in [-0.25, -0.2) is 9.18 Å². The topological polar surface area (TPSA) is 114 Å².